The van der Waals surface area contributed by atoms with Gasteiger partial charge in [0.25, 0.3) is 0 Å². The number of hydrogen-bond donors (Lipinski definition) is 1. The lowest BCUT2D eigenvalue weighted by atomic mass is 9.84. The second-order valence-electron chi connectivity index (χ2n) is 5.69. The zero-order valence-corrected chi connectivity index (χ0v) is 12.6. The van der Waals surface area contributed by atoms with Crippen LogP contribution in [0.2, 0.25) is 0 Å². The van der Waals surface area contributed by atoms with Crippen LogP contribution in [-0.4, -0.2) is 13.2 Å². The van der Waals surface area contributed by atoms with E-state index in [1.807, 2.05) is 0 Å². The first-order chi connectivity index (χ1) is 10.3. The van der Waals surface area contributed by atoms with Crippen molar-refractivity contribution < 1.29 is 4.74 Å². The van der Waals surface area contributed by atoms with Gasteiger partial charge in [-0.3, -0.25) is 0 Å². The summed E-state index contributed by atoms with van der Waals surface area (Å²) in [5.41, 5.74) is 3.93. The van der Waals surface area contributed by atoms with Gasteiger partial charge in [-0.15, -0.1) is 0 Å². The molecular formula is C19H23NO. The van der Waals surface area contributed by atoms with E-state index < -0.39 is 0 Å². The molecule has 110 valence electrons. The Morgan fingerprint density at radius 3 is 2.62 bits per heavy atom. The number of fused-ring (bicyclic) bond motifs is 1. The molecule has 3 rings (SSSR count). The first-order valence-corrected chi connectivity index (χ1v) is 7.81. The summed E-state index contributed by atoms with van der Waals surface area (Å²) in [6, 6.07) is 19.2. The lowest BCUT2D eigenvalue weighted by Gasteiger charge is -2.39. The highest BCUT2D eigenvalue weighted by Crippen LogP contribution is 2.35. The van der Waals surface area contributed by atoms with Crippen molar-refractivity contribution in [1.82, 2.24) is 5.32 Å². The maximum atomic E-state index is 6.22. The van der Waals surface area contributed by atoms with E-state index in [1.165, 1.54) is 16.7 Å². The average molecular weight is 281 g/mol. The summed E-state index contributed by atoms with van der Waals surface area (Å²) in [7, 11) is 0. The van der Waals surface area contributed by atoms with Crippen molar-refractivity contribution in [1.29, 1.82) is 0 Å². The van der Waals surface area contributed by atoms with Crippen molar-refractivity contribution in [2.45, 2.75) is 31.9 Å². The number of rotatable bonds is 5. The molecule has 2 aromatic carbocycles. The second-order valence-corrected chi connectivity index (χ2v) is 5.69. The molecule has 0 aliphatic carbocycles. The van der Waals surface area contributed by atoms with Crippen molar-refractivity contribution in [2.24, 2.45) is 0 Å². The predicted octanol–water partition coefficient (Wildman–Crippen LogP) is 3.65. The summed E-state index contributed by atoms with van der Waals surface area (Å²) in [6.07, 6.45) is 2.02. The van der Waals surface area contributed by atoms with Gasteiger partial charge in [-0.05, 0) is 29.5 Å². The number of hydrogen-bond acceptors (Lipinski definition) is 2. The zero-order valence-electron chi connectivity index (χ0n) is 12.6. The van der Waals surface area contributed by atoms with Crippen LogP contribution in [0.15, 0.2) is 54.6 Å². The highest BCUT2D eigenvalue weighted by Gasteiger charge is 2.35. The minimum absolute atomic E-state index is 0.177. The highest BCUT2D eigenvalue weighted by molar-refractivity contribution is 5.35. The van der Waals surface area contributed by atoms with Gasteiger partial charge in [-0.2, -0.15) is 0 Å². The number of nitrogens with one attached hydrogen (secondary N) is 1. The molecule has 2 nitrogen and oxygen atoms in total. The fourth-order valence-corrected chi connectivity index (χ4v) is 3.19. The summed E-state index contributed by atoms with van der Waals surface area (Å²) >= 11 is 0. The summed E-state index contributed by atoms with van der Waals surface area (Å²) in [6.45, 7) is 4.77. The van der Waals surface area contributed by atoms with Gasteiger partial charge in [-0.25, -0.2) is 0 Å². The number of ether oxygens (including phenoxy) is 1. The van der Waals surface area contributed by atoms with Gasteiger partial charge in [-0.1, -0.05) is 61.5 Å². The molecule has 0 amide bonds. The van der Waals surface area contributed by atoms with Gasteiger partial charge in [0, 0.05) is 13.1 Å². The molecule has 0 radical (unpaired) electrons. The smallest absolute Gasteiger partial charge is 0.105 e. The summed E-state index contributed by atoms with van der Waals surface area (Å²) in [5.74, 6) is 0. The first-order valence-electron chi connectivity index (χ1n) is 7.81. The Labute approximate surface area is 127 Å². The van der Waals surface area contributed by atoms with Crippen LogP contribution in [0.25, 0.3) is 0 Å². The van der Waals surface area contributed by atoms with Gasteiger partial charge >= 0.3 is 0 Å². The maximum Gasteiger partial charge on any atom is 0.105 e. The van der Waals surface area contributed by atoms with E-state index >= 15 is 0 Å². The summed E-state index contributed by atoms with van der Waals surface area (Å²) in [5, 5.41) is 3.58. The van der Waals surface area contributed by atoms with E-state index in [0.717, 1.165) is 32.5 Å². The van der Waals surface area contributed by atoms with Crippen molar-refractivity contribution in [3.8, 4) is 0 Å². The molecule has 0 aromatic heterocycles. The molecule has 1 aliphatic rings. The van der Waals surface area contributed by atoms with E-state index in [9.17, 15) is 0 Å². The minimum Gasteiger partial charge on any atom is -0.369 e. The molecule has 0 unspecified atom stereocenters. The average Bonchev–Trinajstić information content (AvgIpc) is 2.56. The van der Waals surface area contributed by atoms with Crippen LogP contribution in [0.5, 0.6) is 0 Å². The number of benzene rings is 2. The van der Waals surface area contributed by atoms with Gasteiger partial charge in [0.1, 0.15) is 5.60 Å². The highest BCUT2D eigenvalue weighted by atomic mass is 16.5. The predicted molar refractivity (Wildman–Crippen MR) is 86.2 cm³/mol. The zero-order chi connectivity index (χ0) is 14.5. The van der Waals surface area contributed by atoms with Crippen LogP contribution in [-0.2, 0) is 23.3 Å². The molecule has 0 fully saturated rings. The Balaban J connectivity index is 1.73. The van der Waals surface area contributed by atoms with Crippen LogP contribution < -0.4 is 5.32 Å². The Morgan fingerprint density at radius 2 is 1.81 bits per heavy atom. The van der Waals surface area contributed by atoms with Crippen LogP contribution in [0.1, 0.15) is 30.0 Å². The van der Waals surface area contributed by atoms with Crippen LogP contribution in [0.3, 0.4) is 0 Å². The van der Waals surface area contributed by atoms with Crippen molar-refractivity contribution in [3.63, 3.8) is 0 Å². The maximum absolute atomic E-state index is 6.22. The molecule has 2 aromatic rings. The Kier molecular flexibility index (Phi) is 4.37. The minimum atomic E-state index is -0.177. The fraction of sp³-hybridized carbons (Fsp3) is 0.368. The van der Waals surface area contributed by atoms with Crippen molar-refractivity contribution in [2.75, 3.05) is 13.2 Å². The van der Waals surface area contributed by atoms with Crippen LogP contribution in [0, 0.1) is 0 Å². The van der Waals surface area contributed by atoms with E-state index in [2.05, 4.69) is 66.8 Å². The third-order valence-corrected chi connectivity index (χ3v) is 4.41. The molecule has 0 saturated heterocycles. The normalized spacial score (nSPS) is 21.0. The van der Waals surface area contributed by atoms with Gasteiger partial charge < -0.3 is 10.1 Å². The Hall–Kier alpha value is -1.64. The van der Waals surface area contributed by atoms with Crippen molar-refractivity contribution in [3.05, 3.63) is 71.3 Å². The summed E-state index contributed by atoms with van der Waals surface area (Å²) < 4.78 is 6.22. The molecule has 1 N–H and O–H groups in total. The fourth-order valence-electron chi connectivity index (χ4n) is 3.19. The third kappa shape index (κ3) is 3.02. The Bertz CT molecular complexity index is 581. The van der Waals surface area contributed by atoms with Crippen LogP contribution in [0.4, 0.5) is 0 Å². The largest absolute Gasteiger partial charge is 0.369 e. The monoisotopic (exact) mass is 281 g/mol. The SMILES string of the molecule is CC[C@@]1(CNCc2ccccc2)OCCc2ccccc21. The second kappa shape index (κ2) is 6.42. The summed E-state index contributed by atoms with van der Waals surface area (Å²) in [4.78, 5) is 0. The molecule has 21 heavy (non-hydrogen) atoms. The molecular weight excluding hydrogens is 258 g/mol. The third-order valence-electron chi connectivity index (χ3n) is 4.41. The van der Waals surface area contributed by atoms with Gasteiger partial charge in [0.2, 0.25) is 0 Å². The topological polar surface area (TPSA) is 21.3 Å². The van der Waals surface area contributed by atoms with Gasteiger partial charge in [0.05, 0.1) is 6.61 Å². The molecule has 0 bridgehead atoms. The van der Waals surface area contributed by atoms with E-state index in [4.69, 9.17) is 4.74 Å². The molecule has 1 atom stereocenters. The van der Waals surface area contributed by atoms with Crippen molar-refractivity contribution >= 4 is 0 Å². The molecule has 1 aliphatic heterocycles. The van der Waals surface area contributed by atoms with E-state index in [0.29, 0.717) is 0 Å². The van der Waals surface area contributed by atoms with Gasteiger partial charge in [0.15, 0.2) is 0 Å². The molecule has 2 heteroatoms. The first kappa shape index (κ1) is 14.3. The van der Waals surface area contributed by atoms with E-state index in [1.54, 1.807) is 0 Å². The standard InChI is InChI=1S/C19H23NO/c1-2-19(15-20-14-16-8-4-3-5-9-16)18-11-7-6-10-17(18)12-13-21-19/h3-11,20H,2,12-15H2,1H3/t19-/m0/s1. The molecule has 0 spiro atoms. The molecule has 0 saturated carbocycles. The lowest BCUT2D eigenvalue weighted by molar-refractivity contribution is -0.0621. The molecule has 1 heterocycles. The van der Waals surface area contributed by atoms with Crippen LogP contribution >= 0.6 is 0 Å². The quantitative estimate of drug-likeness (QED) is 0.903. The lowest BCUT2D eigenvalue weighted by Crippen LogP contribution is -2.43. The Morgan fingerprint density at radius 1 is 1.05 bits per heavy atom. The van der Waals surface area contributed by atoms with E-state index in [-0.39, 0.29) is 5.60 Å².